The standard InChI is InChI=1S/C19H22N2O2S/c22-17(9-4-12-20-18(23)16-8-5-13-24-16)21-14-19(10-11-19)15-6-2-1-3-7-15/h1-3,5-8,13H,4,9-12,14H2,(H,20,23)(H,21,22). The monoisotopic (exact) mass is 342 g/mol. The van der Waals surface area contributed by atoms with Gasteiger partial charge in [-0.3, -0.25) is 9.59 Å². The fourth-order valence-electron chi connectivity index (χ4n) is 2.81. The van der Waals surface area contributed by atoms with Crippen LogP contribution in [-0.2, 0) is 10.2 Å². The van der Waals surface area contributed by atoms with Crippen molar-refractivity contribution in [3.8, 4) is 0 Å². The highest BCUT2D eigenvalue weighted by Crippen LogP contribution is 2.47. The van der Waals surface area contributed by atoms with E-state index in [1.165, 1.54) is 16.9 Å². The number of hydrogen-bond acceptors (Lipinski definition) is 3. The van der Waals surface area contributed by atoms with Crippen LogP contribution >= 0.6 is 11.3 Å². The molecule has 5 heteroatoms. The summed E-state index contributed by atoms with van der Waals surface area (Å²) in [6.07, 6.45) is 3.36. The molecule has 1 fully saturated rings. The average Bonchev–Trinajstić information content (AvgIpc) is 3.21. The third-order valence-corrected chi connectivity index (χ3v) is 5.34. The topological polar surface area (TPSA) is 58.2 Å². The second-order valence-corrected chi connectivity index (χ2v) is 7.21. The zero-order valence-corrected chi connectivity index (χ0v) is 14.4. The lowest BCUT2D eigenvalue weighted by molar-refractivity contribution is -0.121. The Morgan fingerprint density at radius 2 is 1.83 bits per heavy atom. The molecule has 0 spiro atoms. The quantitative estimate of drug-likeness (QED) is 0.724. The van der Waals surface area contributed by atoms with Crippen molar-refractivity contribution in [1.82, 2.24) is 10.6 Å². The largest absolute Gasteiger partial charge is 0.355 e. The Hall–Kier alpha value is -2.14. The number of carbonyl (C=O) groups is 2. The lowest BCUT2D eigenvalue weighted by Crippen LogP contribution is -2.33. The van der Waals surface area contributed by atoms with E-state index in [-0.39, 0.29) is 17.2 Å². The van der Waals surface area contributed by atoms with Gasteiger partial charge < -0.3 is 10.6 Å². The van der Waals surface area contributed by atoms with Crippen LogP contribution in [0.4, 0.5) is 0 Å². The van der Waals surface area contributed by atoms with Gasteiger partial charge in [-0.2, -0.15) is 0 Å². The Morgan fingerprint density at radius 3 is 2.50 bits per heavy atom. The van der Waals surface area contributed by atoms with Crippen LogP contribution in [0.5, 0.6) is 0 Å². The minimum absolute atomic E-state index is 0.0579. The molecule has 0 radical (unpaired) electrons. The molecule has 0 unspecified atom stereocenters. The molecule has 24 heavy (non-hydrogen) atoms. The Kier molecular flexibility index (Phi) is 5.30. The van der Waals surface area contributed by atoms with Gasteiger partial charge in [0.1, 0.15) is 0 Å². The first kappa shape index (κ1) is 16.7. The zero-order valence-electron chi connectivity index (χ0n) is 13.6. The van der Waals surface area contributed by atoms with E-state index in [1.54, 1.807) is 6.07 Å². The molecule has 1 heterocycles. The number of amides is 2. The Labute approximate surface area is 146 Å². The predicted molar refractivity (Wildman–Crippen MR) is 96.2 cm³/mol. The van der Waals surface area contributed by atoms with E-state index in [9.17, 15) is 9.59 Å². The van der Waals surface area contributed by atoms with Gasteiger partial charge in [0.05, 0.1) is 4.88 Å². The van der Waals surface area contributed by atoms with E-state index in [2.05, 4.69) is 22.8 Å². The lowest BCUT2D eigenvalue weighted by Gasteiger charge is -2.16. The molecule has 2 amide bonds. The van der Waals surface area contributed by atoms with Crippen LogP contribution in [0, 0.1) is 0 Å². The molecular weight excluding hydrogens is 320 g/mol. The second-order valence-electron chi connectivity index (χ2n) is 6.26. The molecule has 3 rings (SSSR count). The summed E-state index contributed by atoms with van der Waals surface area (Å²) in [4.78, 5) is 24.5. The minimum atomic E-state index is -0.0635. The van der Waals surface area contributed by atoms with Crippen LogP contribution in [0.2, 0.25) is 0 Å². The van der Waals surface area contributed by atoms with Crippen molar-refractivity contribution in [3.05, 3.63) is 58.3 Å². The minimum Gasteiger partial charge on any atom is -0.355 e. The maximum absolute atomic E-state index is 12.0. The third-order valence-electron chi connectivity index (χ3n) is 4.47. The molecular formula is C19H22N2O2S. The summed E-state index contributed by atoms with van der Waals surface area (Å²) >= 11 is 1.42. The first-order valence-corrected chi connectivity index (χ1v) is 9.22. The van der Waals surface area contributed by atoms with E-state index < -0.39 is 0 Å². The Morgan fingerprint density at radius 1 is 1.04 bits per heavy atom. The number of carbonyl (C=O) groups excluding carboxylic acids is 2. The van der Waals surface area contributed by atoms with Gasteiger partial charge in [-0.15, -0.1) is 11.3 Å². The van der Waals surface area contributed by atoms with Crippen LogP contribution in [0.1, 0.15) is 40.9 Å². The second kappa shape index (κ2) is 7.62. The lowest BCUT2D eigenvalue weighted by atomic mass is 9.96. The SMILES string of the molecule is O=C(CCCNC(=O)c1cccs1)NCC1(c2ccccc2)CC1. The molecule has 0 saturated heterocycles. The van der Waals surface area contributed by atoms with Gasteiger partial charge in [0, 0.05) is 24.9 Å². The molecule has 1 aromatic heterocycles. The van der Waals surface area contributed by atoms with E-state index in [0.717, 1.165) is 12.8 Å². The van der Waals surface area contributed by atoms with Crippen molar-refractivity contribution >= 4 is 23.2 Å². The molecule has 1 aliphatic carbocycles. The third kappa shape index (κ3) is 4.23. The zero-order chi connectivity index (χ0) is 16.8. The molecule has 2 N–H and O–H groups in total. The summed E-state index contributed by atoms with van der Waals surface area (Å²) in [6.45, 7) is 1.23. The van der Waals surface area contributed by atoms with E-state index in [1.807, 2.05) is 29.6 Å². The summed E-state index contributed by atoms with van der Waals surface area (Å²) in [5, 5.41) is 7.77. The van der Waals surface area contributed by atoms with Crippen molar-refractivity contribution in [2.75, 3.05) is 13.1 Å². The van der Waals surface area contributed by atoms with Gasteiger partial charge >= 0.3 is 0 Å². The van der Waals surface area contributed by atoms with Crippen molar-refractivity contribution in [3.63, 3.8) is 0 Å². The maximum atomic E-state index is 12.0. The molecule has 0 aliphatic heterocycles. The van der Waals surface area contributed by atoms with E-state index >= 15 is 0 Å². The van der Waals surface area contributed by atoms with Crippen molar-refractivity contribution in [1.29, 1.82) is 0 Å². The van der Waals surface area contributed by atoms with Crippen LogP contribution in [0.25, 0.3) is 0 Å². The van der Waals surface area contributed by atoms with E-state index in [4.69, 9.17) is 0 Å². The van der Waals surface area contributed by atoms with Gasteiger partial charge in [0.2, 0.25) is 5.91 Å². The van der Waals surface area contributed by atoms with Crippen LogP contribution < -0.4 is 10.6 Å². The van der Waals surface area contributed by atoms with Crippen LogP contribution in [-0.4, -0.2) is 24.9 Å². The Bertz CT molecular complexity index is 679. The van der Waals surface area contributed by atoms with Crippen LogP contribution in [0.15, 0.2) is 47.8 Å². The molecule has 1 aromatic carbocycles. The van der Waals surface area contributed by atoms with Gasteiger partial charge in [-0.05, 0) is 36.3 Å². The fraction of sp³-hybridized carbons (Fsp3) is 0.368. The fourth-order valence-corrected chi connectivity index (χ4v) is 3.45. The summed E-state index contributed by atoms with van der Waals surface area (Å²) in [5.41, 5.74) is 1.46. The first-order chi connectivity index (χ1) is 11.7. The number of hydrogen-bond donors (Lipinski definition) is 2. The summed E-state index contributed by atoms with van der Waals surface area (Å²) in [6, 6.07) is 14.0. The molecule has 2 aromatic rings. The Balaban J connectivity index is 1.34. The number of thiophene rings is 1. The summed E-state index contributed by atoms with van der Waals surface area (Å²) in [5.74, 6) is -0.00556. The highest BCUT2D eigenvalue weighted by atomic mass is 32.1. The molecule has 1 saturated carbocycles. The van der Waals surface area contributed by atoms with Gasteiger partial charge in [-0.1, -0.05) is 36.4 Å². The molecule has 126 valence electrons. The first-order valence-electron chi connectivity index (χ1n) is 8.34. The molecule has 1 aliphatic rings. The summed E-state index contributed by atoms with van der Waals surface area (Å²) < 4.78 is 0. The van der Waals surface area contributed by atoms with Crippen molar-refractivity contribution in [2.24, 2.45) is 0 Å². The van der Waals surface area contributed by atoms with Crippen LogP contribution in [0.3, 0.4) is 0 Å². The molecule has 0 atom stereocenters. The molecule has 0 bridgehead atoms. The number of benzene rings is 1. The molecule has 4 nitrogen and oxygen atoms in total. The van der Waals surface area contributed by atoms with Gasteiger partial charge in [-0.25, -0.2) is 0 Å². The number of rotatable bonds is 8. The normalized spacial score (nSPS) is 14.8. The highest BCUT2D eigenvalue weighted by molar-refractivity contribution is 7.12. The van der Waals surface area contributed by atoms with Crippen molar-refractivity contribution < 1.29 is 9.59 Å². The van der Waals surface area contributed by atoms with Gasteiger partial charge in [0.25, 0.3) is 5.91 Å². The highest BCUT2D eigenvalue weighted by Gasteiger charge is 2.44. The van der Waals surface area contributed by atoms with Crippen molar-refractivity contribution in [2.45, 2.75) is 31.1 Å². The van der Waals surface area contributed by atoms with E-state index in [0.29, 0.717) is 30.8 Å². The number of nitrogens with one attached hydrogen (secondary N) is 2. The maximum Gasteiger partial charge on any atom is 0.261 e. The predicted octanol–water partition coefficient (Wildman–Crippen LogP) is 3.11. The average molecular weight is 342 g/mol. The summed E-state index contributed by atoms with van der Waals surface area (Å²) in [7, 11) is 0. The van der Waals surface area contributed by atoms with Gasteiger partial charge in [0.15, 0.2) is 0 Å². The smallest absolute Gasteiger partial charge is 0.261 e.